The van der Waals surface area contributed by atoms with E-state index in [2.05, 4.69) is 12.1 Å². The van der Waals surface area contributed by atoms with E-state index in [0.717, 1.165) is 96.2 Å². The molecule has 2 aliphatic carbocycles. The van der Waals surface area contributed by atoms with Gasteiger partial charge in [-0.25, -0.2) is 4.57 Å². The zero-order chi connectivity index (χ0) is 29.6. The average Bonchev–Trinajstić information content (AvgIpc) is 3.16. The molecule has 0 atom stereocenters. The standard InChI is InChI=1S/C36H37O6P/c1-39-29-15-11-23(12-16-29)19-27-21-25-7-3-5-9-31(25)33-34-32-10-6-4-8-26(32)22-28(20-24-13-17-30(40-2)18-14-24)36(34)42-43(37,38)41-35(27)33/h11-18,21-22H,3-10,19-20H2,1-2H3,(H,37,38). The van der Waals surface area contributed by atoms with Gasteiger partial charge >= 0.3 is 7.82 Å². The predicted molar refractivity (Wildman–Crippen MR) is 168 cm³/mol. The van der Waals surface area contributed by atoms with E-state index in [1.54, 1.807) is 14.2 Å². The average molecular weight is 597 g/mol. The lowest BCUT2D eigenvalue weighted by atomic mass is 9.77. The Balaban J connectivity index is 1.47. The molecule has 0 saturated heterocycles. The van der Waals surface area contributed by atoms with Gasteiger partial charge in [-0.05, 0) is 109 Å². The third-order valence-corrected chi connectivity index (χ3v) is 9.96. The fraction of sp³-hybridized carbons (Fsp3) is 0.333. The van der Waals surface area contributed by atoms with Gasteiger partial charge in [-0.2, -0.15) is 0 Å². The van der Waals surface area contributed by atoms with E-state index < -0.39 is 7.82 Å². The second-order valence-electron chi connectivity index (χ2n) is 11.9. The maximum Gasteiger partial charge on any atom is 0.584 e. The number of aryl methyl sites for hydroxylation is 2. The highest BCUT2D eigenvalue weighted by Gasteiger charge is 2.39. The van der Waals surface area contributed by atoms with Gasteiger partial charge in [-0.15, -0.1) is 0 Å². The van der Waals surface area contributed by atoms with Crippen LogP contribution >= 0.6 is 7.82 Å². The molecule has 0 saturated carbocycles. The van der Waals surface area contributed by atoms with Crippen LogP contribution in [0.3, 0.4) is 0 Å². The minimum absolute atomic E-state index is 0.496. The van der Waals surface area contributed by atoms with Crippen LogP contribution in [-0.2, 0) is 43.1 Å². The number of hydrogen-bond acceptors (Lipinski definition) is 5. The van der Waals surface area contributed by atoms with Gasteiger partial charge in [0.1, 0.15) is 23.0 Å². The van der Waals surface area contributed by atoms with Crippen molar-refractivity contribution in [2.24, 2.45) is 0 Å². The molecule has 1 heterocycles. The molecule has 0 spiro atoms. The number of phosphoric acid groups is 1. The summed E-state index contributed by atoms with van der Waals surface area (Å²) < 4.78 is 36.7. The first kappa shape index (κ1) is 28.1. The molecule has 3 aliphatic rings. The van der Waals surface area contributed by atoms with Gasteiger partial charge in [0.25, 0.3) is 0 Å². The monoisotopic (exact) mass is 596 g/mol. The number of rotatable bonds is 6. The van der Waals surface area contributed by atoms with E-state index >= 15 is 0 Å². The van der Waals surface area contributed by atoms with E-state index in [4.69, 9.17) is 18.5 Å². The Hall–Kier alpha value is -3.73. The van der Waals surface area contributed by atoms with Crippen LogP contribution in [0.1, 0.15) is 70.2 Å². The first-order valence-electron chi connectivity index (χ1n) is 15.3. The zero-order valence-electron chi connectivity index (χ0n) is 24.8. The summed E-state index contributed by atoms with van der Waals surface area (Å²) in [5.41, 5.74) is 11.0. The fourth-order valence-electron chi connectivity index (χ4n) is 7.07. The minimum atomic E-state index is -4.50. The molecule has 6 nitrogen and oxygen atoms in total. The van der Waals surface area contributed by atoms with E-state index in [1.807, 2.05) is 48.5 Å². The van der Waals surface area contributed by atoms with Crippen molar-refractivity contribution in [3.63, 3.8) is 0 Å². The molecule has 0 amide bonds. The minimum Gasteiger partial charge on any atom is -0.497 e. The Kier molecular flexibility index (Phi) is 7.44. The molecule has 43 heavy (non-hydrogen) atoms. The molecule has 0 fully saturated rings. The van der Waals surface area contributed by atoms with Crippen LogP contribution in [0, 0.1) is 0 Å². The highest BCUT2D eigenvalue weighted by atomic mass is 31.2. The van der Waals surface area contributed by atoms with Gasteiger partial charge in [-0.1, -0.05) is 36.4 Å². The number of phosphoric ester groups is 1. The summed E-state index contributed by atoms with van der Waals surface area (Å²) in [6.07, 6.45) is 9.37. The van der Waals surface area contributed by atoms with E-state index in [-0.39, 0.29) is 0 Å². The lowest BCUT2D eigenvalue weighted by Gasteiger charge is -2.28. The molecule has 0 radical (unpaired) electrons. The SMILES string of the molecule is COc1ccc(Cc2cc3c(c4c2OP(=O)(O)Oc2c(Cc5ccc(OC)cc5)cc5c(c2-4)CCCC5)CCCC3)cc1. The third kappa shape index (κ3) is 5.43. The van der Waals surface area contributed by atoms with Gasteiger partial charge in [0.2, 0.25) is 0 Å². The first-order chi connectivity index (χ1) is 20.9. The van der Waals surface area contributed by atoms with Crippen LogP contribution < -0.4 is 18.5 Å². The molecule has 1 N–H and O–H groups in total. The summed E-state index contributed by atoms with van der Waals surface area (Å²) in [6, 6.07) is 20.4. The maximum absolute atomic E-state index is 13.8. The fourth-order valence-corrected chi connectivity index (χ4v) is 7.99. The van der Waals surface area contributed by atoms with Crippen molar-refractivity contribution in [3.8, 4) is 34.1 Å². The van der Waals surface area contributed by atoms with Crippen molar-refractivity contribution < 1.29 is 28.0 Å². The number of hydrogen-bond donors (Lipinski definition) is 1. The molecule has 222 valence electrons. The molecular weight excluding hydrogens is 559 g/mol. The Morgan fingerprint density at radius 1 is 0.651 bits per heavy atom. The van der Waals surface area contributed by atoms with Crippen LogP contribution in [0.25, 0.3) is 11.1 Å². The summed E-state index contributed by atoms with van der Waals surface area (Å²) in [5, 5.41) is 0. The van der Waals surface area contributed by atoms with Crippen LogP contribution in [0.5, 0.6) is 23.0 Å². The third-order valence-electron chi connectivity index (χ3n) is 9.13. The van der Waals surface area contributed by atoms with Crippen molar-refractivity contribution in [2.75, 3.05) is 14.2 Å². The van der Waals surface area contributed by atoms with Crippen LogP contribution in [0.4, 0.5) is 0 Å². The molecular formula is C36H37O6P. The normalized spacial score (nSPS) is 16.3. The van der Waals surface area contributed by atoms with E-state index in [9.17, 15) is 9.46 Å². The lowest BCUT2D eigenvalue weighted by Crippen LogP contribution is -2.11. The predicted octanol–water partition coefficient (Wildman–Crippen LogP) is 8.18. The van der Waals surface area contributed by atoms with E-state index in [0.29, 0.717) is 24.3 Å². The molecule has 7 heteroatoms. The highest BCUT2D eigenvalue weighted by Crippen LogP contribution is 2.59. The Morgan fingerprint density at radius 2 is 1.05 bits per heavy atom. The molecule has 4 aromatic carbocycles. The maximum atomic E-state index is 13.8. The smallest absolute Gasteiger partial charge is 0.497 e. The topological polar surface area (TPSA) is 74.2 Å². The Labute approximate surface area is 253 Å². The van der Waals surface area contributed by atoms with Gasteiger partial charge in [0, 0.05) is 35.1 Å². The Bertz CT molecular complexity index is 1600. The Morgan fingerprint density at radius 3 is 1.44 bits per heavy atom. The molecule has 0 aromatic heterocycles. The van der Waals surface area contributed by atoms with Gasteiger partial charge < -0.3 is 18.5 Å². The lowest BCUT2D eigenvalue weighted by molar-refractivity contribution is 0.292. The largest absolute Gasteiger partial charge is 0.584 e. The van der Waals surface area contributed by atoms with E-state index in [1.165, 1.54) is 22.3 Å². The van der Waals surface area contributed by atoms with Gasteiger partial charge in [0.15, 0.2) is 0 Å². The first-order valence-corrected chi connectivity index (χ1v) is 16.8. The number of methoxy groups -OCH3 is 2. The number of ether oxygens (including phenoxy) is 2. The summed E-state index contributed by atoms with van der Waals surface area (Å²) >= 11 is 0. The molecule has 7 rings (SSSR count). The molecule has 0 unspecified atom stereocenters. The number of benzene rings is 4. The van der Waals surface area contributed by atoms with Crippen molar-refractivity contribution in [3.05, 3.63) is 105 Å². The van der Waals surface area contributed by atoms with Crippen LogP contribution in [-0.4, -0.2) is 19.1 Å². The zero-order valence-corrected chi connectivity index (χ0v) is 25.7. The quantitative estimate of drug-likeness (QED) is 0.226. The van der Waals surface area contributed by atoms with Crippen molar-refractivity contribution in [2.45, 2.75) is 64.2 Å². The van der Waals surface area contributed by atoms with Gasteiger partial charge in [0.05, 0.1) is 14.2 Å². The number of fused-ring (bicyclic) bond motifs is 7. The van der Waals surface area contributed by atoms with Crippen molar-refractivity contribution in [1.29, 1.82) is 0 Å². The molecule has 4 aromatic rings. The summed E-state index contributed by atoms with van der Waals surface area (Å²) in [5.74, 6) is 2.58. The summed E-state index contributed by atoms with van der Waals surface area (Å²) in [6.45, 7) is 0. The highest BCUT2D eigenvalue weighted by molar-refractivity contribution is 7.48. The van der Waals surface area contributed by atoms with Crippen LogP contribution in [0.2, 0.25) is 0 Å². The van der Waals surface area contributed by atoms with Crippen molar-refractivity contribution in [1.82, 2.24) is 0 Å². The van der Waals surface area contributed by atoms with Gasteiger partial charge in [-0.3, -0.25) is 4.89 Å². The molecule has 1 aliphatic heterocycles. The van der Waals surface area contributed by atoms with Crippen molar-refractivity contribution >= 4 is 7.82 Å². The second kappa shape index (κ2) is 11.4. The van der Waals surface area contributed by atoms with Crippen LogP contribution in [0.15, 0.2) is 60.7 Å². The summed E-state index contributed by atoms with van der Waals surface area (Å²) in [4.78, 5) is 11.3. The molecule has 0 bridgehead atoms. The summed E-state index contributed by atoms with van der Waals surface area (Å²) in [7, 11) is -1.18. The second-order valence-corrected chi connectivity index (χ2v) is 13.2.